The number of para-hydroxylation sites is 1. The quantitative estimate of drug-likeness (QED) is 0.685. The number of nitro benzene ring substituents is 1. The molecular weight excluding hydrogens is 270 g/mol. The lowest BCUT2D eigenvalue weighted by molar-refractivity contribution is -0.384. The van der Waals surface area contributed by atoms with E-state index in [1.807, 2.05) is 0 Å². The molecule has 0 heterocycles. The standard InChI is InChI=1S/C13H10F2N2O3/c1-16-10-3-2-4-12(13(10)17(18)19)20-11-6-5-8(14)7-9(11)15/h2-7,16H,1H3. The number of rotatable bonds is 4. The van der Waals surface area contributed by atoms with Crippen molar-refractivity contribution in [3.8, 4) is 11.5 Å². The topological polar surface area (TPSA) is 64.4 Å². The van der Waals surface area contributed by atoms with Crippen molar-refractivity contribution in [1.82, 2.24) is 0 Å². The SMILES string of the molecule is CNc1cccc(Oc2ccc(F)cc2F)c1[N+](=O)[O-]. The summed E-state index contributed by atoms with van der Waals surface area (Å²) in [6.07, 6.45) is 0. The van der Waals surface area contributed by atoms with Crippen LogP contribution in [-0.2, 0) is 0 Å². The van der Waals surface area contributed by atoms with Crippen LogP contribution in [0, 0.1) is 21.7 Å². The van der Waals surface area contributed by atoms with E-state index in [2.05, 4.69) is 5.32 Å². The van der Waals surface area contributed by atoms with E-state index < -0.39 is 16.6 Å². The summed E-state index contributed by atoms with van der Waals surface area (Å²) < 4.78 is 31.5. The molecule has 0 fully saturated rings. The Hall–Kier alpha value is -2.70. The molecule has 0 saturated carbocycles. The van der Waals surface area contributed by atoms with Crippen molar-refractivity contribution in [2.45, 2.75) is 0 Å². The molecule has 1 N–H and O–H groups in total. The second-order valence-corrected chi connectivity index (χ2v) is 3.84. The Morgan fingerprint density at radius 3 is 2.55 bits per heavy atom. The van der Waals surface area contributed by atoms with Gasteiger partial charge in [0.1, 0.15) is 11.5 Å². The second-order valence-electron chi connectivity index (χ2n) is 3.84. The van der Waals surface area contributed by atoms with Crippen molar-refractivity contribution in [1.29, 1.82) is 0 Å². The van der Waals surface area contributed by atoms with E-state index in [4.69, 9.17) is 4.74 Å². The van der Waals surface area contributed by atoms with Crippen molar-refractivity contribution >= 4 is 11.4 Å². The number of hydrogen-bond donors (Lipinski definition) is 1. The van der Waals surface area contributed by atoms with E-state index >= 15 is 0 Å². The Kier molecular flexibility index (Phi) is 3.79. The van der Waals surface area contributed by atoms with Crippen molar-refractivity contribution in [2.24, 2.45) is 0 Å². The highest BCUT2D eigenvalue weighted by atomic mass is 19.1. The predicted molar refractivity (Wildman–Crippen MR) is 69.1 cm³/mol. The van der Waals surface area contributed by atoms with E-state index in [-0.39, 0.29) is 22.9 Å². The molecular formula is C13H10F2N2O3. The minimum absolute atomic E-state index is 0.132. The van der Waals surface area contributed by atoms with Crippen LogP contribution in [0.25, 0.3) is 0 Å². The average Bonchev–Trinajstić information content (AvgIpc) is 2.41. The minimum Gasteiger partial charge on any atom is -0.447 e. The fraction of sp³-hybridized carbons (Fsp3) is 0.0769. The van der Waals surface area contributed by atoms with Crippen LogP contribution < -0.4 is 10.1 Å². The molecule has 0 atom stereocenters. The molecule has 0 aliphatic rings. The van der Waals surface area contributed by atoms with Crippen LogP contribution in [0.5, 0.6) is 11.5 Å². The molecule has 7 heteroatoms. The number of ether oxygens (including phenoxy) is 1. The van der Waals surface area contributed by atoms with E-state index in [9.17, 15) is 18.9 Å². The Bertz CT molecular complexity index is 662. The molecule has 0 amide bonds. The largest absolute Gasteiger partial charge is 0.447 e. The maximum absolute atomic E-state index is 13.5. The second kappa shape index (κ2) is 5.52. The van der Waals surface area contributed by atoms with Gasteiger partial charge in [0.2, 0.25) is 5.75 Å². The zero-order chi connectivity index (χ0) is 14.7. The number of hydrogen-bond acceptors (Lipinski definition) is 4. The Morgan fingerprint density at radius 1 is 1.20 bits per heavy atom. The normalized spacial score (nSPS) is 10.2. The highest BCUT2D eigenvalue weighted by molar-refractivity contribution is 5.68. The molecule has 0 aliphatic heterocycles. The summed E-state index contributed by atoms with van der Waals surface area (Å²) in [6.45, 7) is 0. The van der Waals surface area contributed by atoms with Gasteiger partial charge in [0, 0.05) is 13.1 Å². The Balaban J connectivity index is 2.45. The number of anilines is 1. The van der Waals surface area contributed by atoms with Gasteiger partial charge >= 0.3 is 5.69 Å². The number of nitro groups is 1. The summed E-state index contributed by atoms with van der Waals surface area (Å²) in [7, 11) is 1.52. The first-order chi connectivity index (χ1) is 9.52. The van der Waals surface area contributed by atoms with Gasteiger partial charge in [0.25, 0.3) is 0 Å². The van der Waals surface area contributed by atoms with Gasteiger partial charge in [0.05, 0.1) is 4.92 Å². The molecule has 0 aliphatic carbocycles. The lowest BCUT2D eigenvalue weighted by atomic mass is 10.2. The van der Waals surface area contributed by atoms with Crippen molar-refractivity contribution < 1.29 is 18.4 Å². The van der Waals surface area contributed by atoms with Gasteiger partial charge in [-0.25, -0.2) is 8.78 Å². The van der Waals surface area contributed by atoms with Gasteiger partial charge in [-0.05, 0) is 24.3 Å². The van der Waals surface area contributed by atoms with Crippen LogP contribution in [-0.4, -0.2) is 12.0 Å². The summed E-state index contributed by atoms with van der Waals surface area (Å²) in [5, 5.41) is 13.7. The molecule has 2 rings (SSSR count). The molecule has 0 bridgehead atoms. The van der Waals surface area contributed by atoms with Gasteiger partial charge in [-0.2, -0.15) is 0 Å². The van der Waals surface area contributed by atoms with Gasteiger partial charge in [0.15, 0.2) is 11.6 Å². The number of benzene rings is 2. The third-order valence-electron chi connectivity index (χ3n) is 2.56. The monoisotopic (exact) mass is 280 g/mol. The van der Waals surface area contributed by atoms with E-state index in [0.717, 1.165) is 12.1 Å². The molecule has 0 spiro atoms. The summed E-state index contributed by atoms with van der Waals surface area (Å²) >= 11 is 0. The highest BCUT2D eigenvalue weighted by Gasteiger charge is 2.21. The lowest BCUT2D eigenvalue weighted by Crippen LogP contribution is -1.99. The van der Waals surface area contributed by atoms with E-state index in [0.29, 0.717) is 6.07 Å². The first-order valence-electron chi connectivity index (χ1n) is 5.61. The number of nitrogens with one attached hydrogen (secondary N) is 1. The highest BCUT2D eigenvalue weighted by Crippen LogP contribution is 2.37. The smallest absolute Gasteiger partial charge is 0.334 e. The molecule has 0 unspecified atom stereocenters. The third kappa shape index (κ3) is 2.66. The van der Waals surface area contributed by atoms with Crippen molar-refractivity contribution in [3.05, 3.63) is 58.1 Å². The van der Waals surface area contributed by atoms with Gasteiger partial charge in [-0.1, -0.05) is 6.07 Å². The molecule has 5 nitrogen and oxygen atoms in total. The molecule has 2 aromatic rings. The molecule has 2 aromatic carbocycles. The molecule has 0 aromatic heterocycles. The molecule has 0 radical (unpaired) electrons. The maximum atomic E-state index is 13.5. The van der Waals surface area contributed by atoms with Crippen molar-refractivity contribution in [3.63, 3.8) is 0 Å². The Labute approximate surface area is 113 Å². The average molecular weight is 280 g/mol. The van der Waals surface area contributed by atoms with Crippen LogP contribution in [0.3, 0.4) is 0 Å². The zero-order valence-electron chi connectivity index (χ0n) is 10.4. The maximum Gasteiger partial charge on any atom is 0.334 e. The van der Waals surface area contributed by atoms with Crippen LogP contribution >= 0.6 is 0 Å². The first-order valence-corrected chi connectivity index (χ1v) is 5.61. The van der Waals surface area contributed by atoms with Crippen LogP contribution in [0.1, 0.15) is 0 Å². The fourth-order valence-corrected chi connectivity index (χ4v) is 1.67. The zero-order valence-corrected chi connectivity index (χ0v) is 10.4. The predicted octanol–water partition coefficient (Wildman–Crippen LogP) is 3.71. The molecule has 104 valence electrons. The summed E-state index contributed by atoms with van der Waals surface area (Å²) in [4.78, 5) is 10.4. The summed E-state index contributed by atoms with van der Waals surface area (Å²) in [6, 6.07) is 7.07. The number of nitrogens with zero attached hydrogens (tertiary/aromatic N) is 1. The summed E-state index contributed by atoms with van der Waals surface area (Å²) in [5.41, 5.74) is -0.0891. The number of halogens is 2. The Morgan fingerprint density at radius 2 is 1.95 bits per heavy atom. The molecule has 20 heavy (non-hydrogen) atoms. The van der Waals surface area contributed by atoms with Crippen molar-refractivity contribution in [2.75, 3.05) is 12.4 Å². The van der Waals surface area contributed by atoms with Crippen LogP contribution in [0.2, 0.25) is 0 Å². The molecule has 0 saturated heterocycles. The van der Waals surface area contributed by atoms with Gasteiger partial charge in [-0.15, -0.1) is 0 Å². The summed E-state index contributed by atoms with van der Waals surface area (Å²) in [5.74, 6) is -2.11. The van der Waals surface area contributed by atoms with E-state index in [1.165, 1.54) is 25.2 Å². The minimum atomic E-state index is -0.936. The third-order valence-corrected chi connectivity index (χ3v) is 2.56. The fourth-order valence-electron chi connectivity index (χ4n) is 1.67. The van der Waals surface area contributed by atoms with Crippen LogP contribution in [0.15, 0.2) is 36.4 Å². The van der Waals surface area contributed by atoms with E-state index in [1.54, 1.807) is 0 Å². The van der Waals surface area contributed by atoms with Gasteiger partial charge < -0.3 is 10.1 Å². The van der Waals surface area contributed by atoms with Crippen LogP contribution in [0.4, 0.5) is 20.2 Å². The van der Waals surface area contributed by atoms with Gasteiger partial charge in [-0.3, -0.25) is 10.1 Å². The first kappa shape index (κ1) is 13.7. The lowest BCUT2D eigenvalue weighted by Gasteiger charge is -2.09.